The molecule has 1 N–H and O–H groups in total. The topological polar surface area (TPSA) is 33.6 Å². The third-order valence-corrected chi connectivity index (χ3v) is 4.39. The van der Waals surface area contributed by atoms with E-state index < -0.39 is 0 Å². The molecule has 3 rings (SSSR count). The molecule has 1 aromatic carbocycles. The first-order chi connectivity index (χ1) is 8.77. The fraction of sp³-hybridized carbons (Fsp3) is 0.429. The van der Waals surface area contributed by atoms with Gasteiger partial charge in [0.2, 0.25) is 0 Å². The first-order valence-electron chi connectivity index (χ1n) is 6.50. The van der Waals surface area contributed by atoms with Crippen LogP contribution in [-0.2, 0) is 5.54 Å². The maximum atomic E-state index is 5.43. The van der Waals surface area contributed by atoms with Crippen LogP contribution in [0, 0.1) is 4.77 Å². The third-order valence-electron chi connectivity index (χ3n) is 4.12. The average molecular weight is 259 g/mol. The normalized spacial score (nSPS) is 17.4. The van der Waals surface area contributed by atoms with Crippen LogP contribution in [0.3, 0.4) is 0 Å². The Labute approximate surface area is 112 Å². The SMILES string of the molecule is CCC1(n2c(-c3ccccc3)n[nH]c2=S)CCC1. The molecule has 0 spiro atoms. The van der Waals surface area contributed by atoms with Crippen LogP contribution in [0.1, 0.15) is 32.6 Å². The molecule has 1 fully saturated rings. The van der Waals surface area contributed by atoms with Crippen LogP contribution < -0.4 is 0 Å². The number of benzene rings is 1. The quantitative estimate of drug-likeness (QED) is 0.848. The second kappa shape index (κ2) is 4.35. The molecule has 0 atom stereocenters. The number of H-pyrrole nitrogens is 1. The van der Waals surface area contributed by atoms with Crippen molar-refractivity contribution in [2.75, 3.05) is 0 Å². The summed E-state index contributed by atoms with van der Waals surface area (Å²) in [5.74, 6) is 0.974. The van der Waals surface area contributed by atoms with Gasteiger partial charge in [0, 0.05) is 11.1 Å². The molecule has 0 amide bonds. The van der Waals surface area contributed by atoms with Crippen LogP contribution in [0.4, 0.5) is 0 Å². The fourth-order valence-electron chi connectivity index (χ4n) is 2.84. The second-order valence-corrected chi connectivity index (χ2v) is 5.37. The predicted octanol–water partition coefficient (Wildman–Crippen LogP) is 3.90. The summed E-state index contributed by atoms with van der Waals surface area (Å²) < 4.78 is 2.98. The van der Waals surface area contributed by atoms with E-state index in [2.05, 4.69) is 33.8 Å². The van der Waals surface area contributed by atoms with E-state index in [1.165, 1.54) is 19.3 Å². The number of nitrogens with zero attached hydrogens (tertiary/aromatic N) is 2. The van der Waals surface area contributed by atoms with Gasteiger partial charge in [-0.25, -0.2) is 0 Å². The van der Waals surface area contributed by atoms with Gasteiger partial charge in [-0.3, -0.25) is 9.67 Å². The molecule has 3 nitrogen and oxygen atoms in total. The molecule has 1 aliphatic carbocycles. The largest absolute Gasteiger partial charge is 0.294 e. The Balaban J connectivity index is 2.16. The minimum atomic E-state index is 0.190. The van der Waals surface area contributed by atoms with E-state index in [1.807, 2.05) is 18.2 Å². The summed E-state index contributed by atoms with van der Waals surface area (Å²) in [5, 5.41) is 7.39. The van der Waals surface area contributed by atoms with Crippen molar-refractivity contribution in [3.63, 3.8) is 0 Å². The van der Waals surface area contributed by atoms with E-state index in [1.54, 1.807) is 0 Å². The molecule has 1 aliphatic rings. The Hall–Kier alpha value is -1.42. The molecule has 4 heteroatoms. The fourth-order valence-corrected chi connectivity index (χ4v) is 3.16. The van der Waals surface area contributed by atoms with Crippen molar-refractivity contribution in [1.29, 1.82) is 0 Å². The van der Waals surface area contributed by atoms with Crippen molar-refractivity contribution in [2.45, 2.75) is 38.1 Å². The zero-order valence-electron chi connectivity index (χ0n) is 10.5. The van der Waals surface area contributed by atoms with E-state index >= 15 is 0 Å². The molecule has 0 unspecified atom stereocenters. The zero-order valence-corrected chi connectivity index (χ0v) is 11.3. The summed E-state index contributed by atoms with van der Waals surface area (Å²) in [7, 11) is 0. The first-order valence-corrected chi connectivity index (χ1v) is 6.91. The van der Waals surface area contributed by atoms with E-state index in [-0.39, 0.29) is 5.54 Å². The molecule has 18 heavy (non-hydrogen) atoms. The highest BCUT2D eigenvalue weighted by atomic mass is 32.1. The molecule has 0 saturated heterocycles. The predicted molar refractivity (Wildman–Crippen MR) is 75.0 cm³/mol. The zero-order chi connectivity index (χ0) is 12.6. The van der Waals surface area contributed by atoms with Gasteiger partial charge in [0.15, 0.2) is 10.6 Å². The smallest absolute Gasteiger partial charge is 0.195 e. The minimum Gasteiger partial charge on any atom is -0.294 e. The number of aromatic amines is 1. The number of hydrogen-bond acceptors (Lipinski definition) is 2. The summed E-state index contributed by atoms with van der Waals surface area (Å²) in [4.78, 5) is 0. The lowest BCUT2D eigenvalue weighted by Crippen LogP contribution is -2.40. The van der Waals surface area contributed by atoms with Crippen LogP contribution in [0.5, 0.6) is 0 Å². The van der Waals surface area contributed by atoms with Gasteiger partial charge < -0.3 is 0 Å². The summed E-state index contributed by atoms with van der Waals surface area (Å²) >= 11 is 5.43. The molecule has 0 aliphatic heterocycles. The van der Waals surface area contributed by atoms with E-state index in [0.29, 0.717) is 0 Å². The summed E-state index contributed by atoms with van der Waals surface area (Å²) in [6, 6.07) is 10.3. The maximum Gasteiger partial charge on any atom is 0.195 e. The van der Waals surface area contributed by atoms with Gasteiger partial charge in [0.25, 0.3) is 0 Å². The van der Waals surface area contributed by atoms with Crippen molar-refractivity contribution in [3.05, 3.63) is 35.1 Å². The first kappa shape index (κ1) is 11.7. The monoisotopic (exact) mass is 259 g/mol. The van der Waals surface area contributed by atoms with Crippen molar-refractivity contribution in [2.24, 2.45) is 0 Å². The number of rotatable bonds is 3. The van der Waals surface area contributed by atoms with Crippen LogP contribution in [0.2, 0.25) is 0 Å². The van der Waals surface area contributed by atoms with Gasteiger partial charge in [-0.2, -0.15) is 5.10 Å². The Morgan fingerprint density at radius 3 is 2.61 bits per heavy atom. The Morgan fingerprint density at radius 1 is 1.33 bits per heavy atom. The van der Waals surface area contributed by atoms with Crippen molar-refractivity contribution < 1.29 is 0 Å². The van der Waals surface area contributed by atoms with Crippen LogP contribution in [0.15, 0.2) is 30.3 Å². The van der Waals surface area contributed by atoms with Crippen molar-refractivity contribution >= 4 is 12.2 Å². The van der Waals surface area contributed by atoms with E-state index in [4.69, 9.17) is 12.2 Å². The molecular formula is C14H17N3S. The Kier molecular flexibility index (Phi) is 2.82. The lowest BCUT2D eigenvalue weighted by atomic mass is 9.74. The lowest BCUT2D eigenvalue weighted by Gasteiger charge is -2.43. The highest BCUT2D eigenvalue weighted by Gasteiger charge is 2.39. The molecule has 1 aromatic heterocycles. The Bertz CT molecular complexity index is 587. The standard InChI is InChI=1S/C14H17N3S/c1-2-14(9-6-10-14)17-12(15-16-13(17)18)11-7-4-3-5-8-11/h3-5,7-8H,2,6,9-10H2,1H3,(H,16,18). The highest BCUT2D eigenvalue weighted by Crippen LogP contribution is 2.44. The van der Waals surface area contributed by atoms with Crippen molar-refractivity contribution in [3.8, 4) is 11.4 Å². The van der Waals surface area contributed by atoms with Crippen LogP contribution >= 0.6 is 12.2 Å². The van der Waals surface area contributed by atoms with Gasteiger partial charge in [0.1, 0.15) is 0 Å². The van der Waals surface area contributed by atoms with E-state index in [9.17, 15) is 0 Å². The lowest BCUT2D eigenvalue weighted by molar-refractivity contribution is 0.136. The molecule has 2 aromatic rings. The number of nitrogens with one attached hydrogen (secondary N) is 1. The summed E-state index contributed by atoms with van der Waals surface area (Å²) in [6.45, 7) is 2.24. The average Bonchev–Trinajstić information content (AvgIpc) is 2.73. The molecule has 0 radical (unpaired) electrons. The Morgan fingerprint density at radius 2 is 2.06 bits per heavy atom. The summed E-state index contributed by atoms with van der Waals surface area (Å²) in [6.07, 6.45) is 4.81. The molecule has 1 saturated carbocycles. The van der Waals surface area contributed by atoms with Gasteiger partial charge >= 0.3 is 0 Å². The van der Waals surface area contributed by atoms with Crippen LogP contribution in [-0.4, -0.2) is 14.8 Å². The van der Waals surface area contributed by atoms with Gasteiger partial charge in [-0.15, -0.1) is 0 Å². The van der Waals surface area contributed by atoms with E-state index in [0.717, 1.165) is 22.6 Å². The molecule has 1 heterocycles. The molecule has 94 valence electrons. The van der Waals surface area contributed by atoms with Crippen LogP contribution in [0.25, 0.3) is 11.4 Å². The maximum absolute atomic E-state index is 5.43. The number of aromatic nitrogens is 3. The highest BCUT2D eigenvalue weighted by molar-refractivity contribution is 7.71. The van der Waals surface area contributed by atoms with Gasteiger partial charge in [-0.1, -0.05) is 37.3 Å². The molecular weight excluding hydrogens is 242 g/mol. The second-order valence-electron chi connectivity index (χ2n) is 4.99. The van der Waals surface area contributed by atoms with Gasteiger partial charge in [-0.05, 0) is 37.9 Å². The van der Waals surface area contributed by atoms with Gasteiger partial charge in [0.05, 0.1) is 0 Å². The third kappa shape index (κ3) is 1.63. The summed E-state index contributed by atoms with van der Waals surface area (Å²) in [5.41, 5.74) is 1.32. The molecule has 0 bridgehead atoms. The minimum absolute atomic E-state index is 0.190. The van der Waals surface area contributed by atoms with Crippen molar-refractivity contribution in [1.82, 2.24) is 14.8 Å². The number of hydrogen-bond donors (Lipinski definition) is 1.